The van der Waals surface area contributed by atoms with Crippen LogP contribution in [0.15, 0.2) is 30.4 Å². The van der Waals surface area contributed by atoms with Crippen LogP contribution in [0.3, 0.4) is 0 Å². The van der Waals surface area contributed by atoms with Gasteiger partial charge in [-0.3, -0.25) is 19.7 Å². The predicted octanol–water partition coefficient (Wildman–Crippen LogP) is 0.799. The zero-order valence-corrected chi connectivity index (χ0v) is 14.0. The number of anilines is 1. The number of fused-ring (bicyclic) bond motifs is 5. The van der Waals surface area contributed by atoms with Crippen molar-refractivity contribution in [3.63, 3.8) is 0 Å². The molecule has 0 spiro atoms. The number of methoxy groups -OCH3 is 1. The molecule has 4 rings (SSSR count). The molecule has 2 fully saturated rings. The van der Waals surface area contributed by atoms with E-state index in [1.54, 1.807) is 19.1 Å². The van der Waals surface area contributed by atoms with Crippen molar-refractivity contribution < 1.29 is 29.1 Å². The van der Waals surface area contributed by atoms with Crippen LogP contribution in [-0.4, -0.2) is 46.8 Å². The van der Waals surface area contributed by atoms with E-state index in [9.17, 15) is 24.8 Å². The number of rotatable bonds is 4. The summed E-state index contributed by atoms with van der Waals surface area (Å²) in [6.45, 7) is 1.21. The molecule has 136 valence electrons. The number of ether oxygens (including phenoxy) is 2. The van der Waals surface area contributed by atoms with Gasteiger partial charge >= 0.3 is 0 Å². The molecule has 26 heavy (non-hydrogen) atoms. The van der Waals surface area contributed by atoms with Crippen LogP contribution in [0.5, 0.6) is 5.75 Å². The molecule has 1 N–H and O–H groups in total. The molecule has 2 bridgehead atoms. The number of nitro benzene ring substituents is 1. The molecule has 0 unspecified atom stereocenters. The van der Waals surface area contributed by atoms with Crippen molar-refractivity contribution in [2.24, 2.45) is 11.8 Å². The Bertz CT molecular complexity index is 882. The van der Waals surface area contributed by atoms with Crippen LogP contribution in [0.2, 0.25) is 0 Å². The molecule has 0 radical (unpaired) electrons. The molecule has 1 aromatic carbocycles. The fourth-order valence-corrected chi connectivity index (χ4v) is 4.24. The average Bonchev–Trinajstić information content (AvgIpc) is 3.20. The molecule has 2 amide bonds. The summed E-state index contributed by atoms with van der Waals surface area (Å²) in [6.07, 6.45) is 3.27. The molecule has 0 saturated carbocycles. The summed E-state index contributed by atoms with van der Waals surface area (Å²) in [6, 6.07) is 3.93. The molecule has 0 aliphatic carbocycles. The van der Waals surface area contributed by atoms with Crippen molar-refractivity contribution in [1.82, 2.24) is 0 Å². The number of benzene rings is 1. The maximum atomic E-state index is 13.0. The Morgan fingerprint density at radius 2 is 2.00 bits per heavy atom. The molecule has 9 nitrogen and oxygen atoms in total. The van der Waals surface area contributed by atoms with Gasteiger partial charge in [-0.1, -0.05) is 12.2 Å². The maximum absolute atomic E-state index is 13.0. The molecule has 3 aliphatic rings. The monoisotopic (exact) mass is 360 g/mol. The smallest absolute Gasteiger partial charge is 0.297 e. The number of aliphatic hydroxyl groups is 1. The number of hydrogen-bond acceptors (Lipinski definition) is 7. The van der Waals surface area contributed by atoms with Crippen LogP contribution in [0.4, 0.5) is 11.4 Å². The third kappa shape index (κ3) is 1.86. The van der Waals surface area contributed by atoms with Crippen LogP contribution >= 0.6 is 0 Å². The van der Waals surface area contributed by atoms with Crippen LogP contribution in [0.1, 0.15) is 6.92 Å². The first kappa shape index (κ1) is 16.7. The van der Waals surface area contributed by atoms with Crippen molar-refractivity contribution in [3.8, 4) is 5.75 Å². The molecule has 3 aliphatic heterocycles. The normalized spacial score (nSPS) is 34.5. The Kier molecular flexibility index (Phi) is 3.28. The minimum Gasteiger partial charge on any atom is -0.496 e. The highest BCUT2D eigenvalue weighted by molar-refractivity contribution is 6.24. The van der Waals surface area contributed by atoms with Crippen molar-refractivity contribution in [2.45, 2.75) is 18.1 Å². The molecular weight excluding hydrogens is 344 g/mol. The van der Waals surface area contributed by atoms with E-state index in [2.05, 4.69) is 0 Å². The van der Waals surface area contributed by atoms with Gasteiger partial charge in [0.25, 0.3) is 5.69 Å². The molecular formula is C17H16N2O7. The quantitative estimate of drug-likeness (QED) is 0.365. The summed E-state index contributed by atoms with van der Waals surface area (Å²) in [5, 5.41) is 21.2. The summed E-state index contributed by atoms with van der Waals surface area (Å²) in [7, 11) is 1.36. The van der Waals surface area contributed by atoms with Gasteiger partial charge < -0.3 is 14.6 Å². The van der Waals surface area contributed by atoms with Gasteiger partial charge in [0.2, 0.25) is 11.8 Å². The van der Waals surface area contributed by atoms with Gasteiger partial charge in [0.15, 0.2) is 0 Å². The topological polar surface area (TPSA) is 119 Å². The van der Waals surface area contributed by atoms with Gasteiger partial charge in [-0.2, -0.15) is 0 Å². The summed E-state index contributed by atoms with van der Waals surface area (Å²) < 4.78 is 10.8. The van der Waals surface area contributed by atoms with E-state index < -0.39 is 52.1 Å². The number of nitrogens with zero attached hydrogens (tertiary/aromatic N) is 2. The van der Waals surface area contributed by atoms with Crippen LogP contribution in [0, 0.1) is 22.0 Å². The number of carbonyl (C=O) groups excluding carboxylic acids is 2. The van der Waals surface area contributed by atoms with Gasteiger partial charge in [0.1, 0.15) is 17.0 Å². The highest BCUT2D eigenvalue weighted by atomic mass is 16.6. The van der Waals surface area contributed by atoms with Gasteiger partial charge in [-0.25, -0.2) is 4.90 Å². The Morgan fingerprint density at radius 1 is 1.31 bits per heavy atom. The minimum absolute atomic E-state index is 0.115. The van der Waals surface area contributed by atoms with Gasteiger partial charge in [-0.05, 0) is 19.1 Å². The lowest BCUT2D eigenvalue weighted by molar-refractivity contribution is -0.384. The van der Waals surface area contributed by atoms with Crippen molar-refractivity contribution in [1.29, 1.82) is 0 Å². The van der Waals surface area contributed by atoms with E-state index in [1.807, 2.05) is 0 Å². The Balaban J connectivity index is 1.83. The van der Waals surface area contributed by atoms with E-state index in [4.69, 9.17) is 9.47 Å². The highest BCUT2D eigenvalue weighted by Crippen LogP contribution is 2.58. The van der Waals surface area contributed by atoms with Gasteiger partial charge in [0, 0.05) is 0 Å². The summed E-state index contributed by atoms with van der Waals surface area (Å²) in [4.78, 5) is 37.7. The SMILES string of the molecule is COc1ccc(N2C(=O)[C@H]3[C@H](C2=O)[C@@]2(CO)C=C[C@@]3(C)O2)c([N+](=O)[O-])c1. The first-order chi connectivity index (χ1) is 12.3. The second-order valence-corrected chi connectivity index (χ2v) is 6.81. The first-order valence-electron chi connectivity index (χ1n) is 7.99. The maximum Gasteiger partial charge on any atom is 0.297 e. The molecule has 4 atom stereocenters. The number of amides is 2. The number of nitro groups is 1. The van der Waals surface area contributed by atoms with Crippen LogP contribution in [-0.2, 0) is 14.3 Å². The molecule has 3 heterocycles. The van der Waals surface area contributed by atoms with Crippen molar-refractivity contribution >= 4 is 23.2 Å². The van der Waals surface area contributed by atoms with E-state index in [1.165, 1.54) is 19.2 Å². The fraction of sp³-hybridized carbons (Fsp3) is 0.412. The highest BCUT2D eigenvalue weighted by Gasteiger charge is 2.72. The molecule has 9 heteroatoms. The van der Waals surface area contributed by atoms with E-state index in [0.29, 0.717) is 0 Å². The number of imide groups is 1. The lowest BCUT2D eigenvalue weighted by Gasteiger charge is -2.26. The van der Waals surface area contributed by atoms with Crippen LogP contribution < -0.4 is 9.64 Å². The molecule has 0 aromatic heterocycles. The van der Waals surface area contributed by atoms with Gasteiger partial charge in [0.05, 0.1) is 42.1 Å². The van der Waals surface area contributed by atoms with Crippen LogP contribution in [0.25, 0.3) is 0 Å². The number of carbonyl (C=O) groups is 2. The lowest BCUT2D eigenvalue weighted by Crippen LogP contribution is -2.43. The second-order valence-electron chi connectivity index (χ2n) is 6.81. The molecule has 1 aromatic rings. The number of hydrogen-bond donors (Lipinski definition) is 1. The minimum atomic E-state index is -1.28. The Hall–Kier alpha value is -2.78. The van der Waals surface area contributed by atoms with E-state index in [0.717, 1.165) is 11.0 Å². The molecule has 2 saturated heterocycles. The summed E-state index contributed by atoms with van der Waals surface area (Å²) in [5.74, 6) is -2.71. The summed E-state index contributed by atoms with van der Waals surface area (Å²) >= 11 is 0. The van der Waals surface area contributed by atoms with E-state index in [-0.39, 0.29) is 11.4 Å². The van der Waals surface area contributed by atoms with Crippen molar-refractivity contribution in [2.75, 3.05) is 18.6 Å². The fourth-order valence-electron chi connectivity index (χ4n) is 4.24. The zero-order chi connectivity index (χ0) is 18.9. The zero-order valence-electron chi connectivity index (χ0n) is 14.0. The lowest BCUT2D eigenvalue weighted by atomic mass is 9.73. The largest absolute Gasteiger partial charge is 0.496 e. The second kappa shape index (κ2) is 5.12. The first-order valence-corrected chi connectivity index (χ1v) is 7.99. The number of aliphatic hydroxyl groups excluding tert-OH is 1. The summed E-state index contributed by atoms with van der Waals surface area (Å²) in [5.41, 5.74) is -2.83. The standard InChI is InChI=1S/C17H16N2O7/c1-16-5-6-17(8-20,26-16)13-12(16)14(21)18(15(13)22)10-4-3-9(25-2)7-11(10)19(23)24/h3-7,12-13,20H,8H2,1-2H3/t12-,13-,16-,17+/m1/s1. The third-order valence-corrected chi connectivity index (χ3v) is 5.42. The Labute approximate surface area is 147 Å². The van der Waals surface area contributed by atoms with E-state index >= 15 is 0 Å². The van der Waals surface area contributed by atoms with Gasteiger partial charge in [-0.15, -0.1) is 0 Å². The Morgan fingerprint density at radius 3 is 2.62 bits per heavy atom. The average molecular weight is 360 g/mol. The predicted molar refractivity (Wildman–Crippen MR) is 87.6 cm³/mol. The third-order valence-electron chi connectivity index (χ3n) is 5.42. The van der Waals surface area contributed by atoms with Crippen molar-refractivity contribution in [3.05, 3.63) is 40.5 Å².